The second-order valence-electron chi connectivity index (χ2n) is 7.34. The zero-order valence-electron chi connectivity index (χ0n) is 17.3. The number of unbranched alkanes of at least 4 members (excludes halogenated alkanes) is 2. The number of carbonyl (C=O) groups is 2. The number of amides is 2. The lowest BCUT2D eigenvalue weighted by Crippen LogP contribution is -2.48. The molecule has 7 nitrogen and oxygen atoms in total. The standard InChI is InChI=1S/C23H26N2O5S/c1-2-3-8-13-24-22(26)21(15-31(28)29)25-23(27)30-14-20-18-11-6-4-9-16(18)17-10-5-7-12-19(17)20/h4-7,9-12,15,20-21H,2-3,8,13-14H2,1H3,(H,24,26)(H,25,27)/t21-/m0/s1. The Hall–Kier alpha value is -3.13. The molecule has 0 saturated heterocycles. The molecule has 2 aromatic carbocycles. The maximum absolute atomic E-state index is 12.4. The van der Waals surface area contributed by atoms with Crippen molar-refractivity contribution in [2.24, 2.45) is 0 Å². The number of alkyl carbamates (subject to hydrolysis) is 1. The van der Waals surface area contributed by atoms with E-state index in [1.54, 1.807) is 0 Å². The van der Waals surface area contributed by atoms with Crippen molar-refractivity contribution in [3.8, 4) is 11.1 Å². The van der Waals surface area contributed by atoms with Crippen molar-refractivity contribution in [1.29, 1.82) is 0 Å². The lowest BCUT2D eigenvalue weighted by molar-refractivity contribution is -0.121. The Morgan fingerprint density at radius 2 is 1.65 bits per heavy atom. The molecule has 1 atom stereocenters. The summed E-state index contributed by atoms with van der Waals surface area (Å²) in [6.45, 7) is 2.53. The molecule has 0 heterocycles. The van der Waals surface area contributed by atoms with Gasteiger partial charge in [0.05, 0.1) is 5.37 Å². The first-order valence-corrected chi connectivity index (χ1v) is 11.5. The van der Waals surface area contributed by atoms with Crippen LogP contribution in [0.15, 0.2) is 48.5 Å². The third-order valence-corrected chi connectivity index (χ3v) is 5.72. The van der Waals surface area contributed by atoms with E-state index in [1.807, 2.05) is 55.5 Å². The minimum absolute atomic E-state index is 0.0746. The van der Waals surface area contributed by atoms with Gasteiger partial charge in [-0.3, -0.25) is 4.79 Å². The first kappa shape index (κ1) is 22.6. The number of rotatable bonds is 9. The average molecular weight is 443 g/mol. The Labute approximate surface area is 183 Å². The average Bonchev–Trinajstić information content (AvgIpc) is 3.08. The maximum Gasteiger partial charge on any atom is 0.408 e. The molecule has 0 radical (unpaired) electrons. The molecule has 164 valence electrons. The molecule has 3 rings (SSSR count). The number of carbonyl (C=O) groups excluding carboxylic acids is 2. The van der Waals surface area contributed by atoms with Crippen LogP contribution in [0.2, 0.25) is 0 Å². The van der Waals surface area contributed by atoms with E-state index in [-0.39, 0.29) is 12.5 Å². The van der Waals surface area contributed by atoms with Crippen LogP contribution in [0.25, 0.3) is 11.1 Å². The van der Waals surface area contributed by atoms with Crippen LogP contribution in [0.1, 0.15) is 43.2 Å². The van der Waals surface area contributed by atoms with Gasteiger partial charge < -0.3 is 15.4 Å². The van der Waals surface area contributed by atoms with Gasteiger partial charge in [0.15, 0.2) is 0 Å². The molecule has 0 aromatic heterocycles. The van der Waals surface area contributed by atoms with Gasteiger partial charge in [0.25, 0.3) is 0 Å². The van der Waals surface area contributed by atoms with Gasteiger partial charge >= 0.3 is 6.09 Å². The molecule has 2 amide bonds. The molecular formula is C23H26N2O5S. The Morgan fingerprint density at radius 1 is 1.03 bits per heavy atom. The third kappa shape index (κ3) is 5.73. The van der Waals surface area contributed by atoms with Gasteiger partial charge in [-0.2, -0.15) is 8.42 Å². The summed E-state index contributed by atoms with van der Waals surface area (Å²) < 4.78 is 27.6. The monoisotopic (exact) mass is 442 g/mol. The van der Waals surface area contributed by atoms with Crippen molar-refractivity contribution in [2.45, 2.75) is 38.1 Å². The van der Waals surface area contributed by atoms with Crippen molar-refractivity contribution < 1.29 is 22.7 Å². The summed E-state index contributed by atoms with van der Waals surface area (Å²) in [6, 6.07) is 14.6. The van der Waals surface area contributed by atoms with Gasteiger partial charge in [-0.05, 0) is 28.7 Å². The van der Waals surface area contributed by atoms with Crippen LogP contribution in [0, 0.1) is 0 Å². The molecule has 2 N–H and O–H groups in total. The fourth-order valence-corrected chi connectivity index (χ4v) is 4.15. The molecule has 0 fully saturated rings. The molecule has 0 saturated carbocycles. The van der Waals surface area contributed by atoms with Gasteiger partial charge in [0.1, 0.15) is 12.6 Å². The molecule has 0 bridgehead atoms. The first-order chi connectivity index (χ1) is 15.0. The minimum Gasteiger partial charge on any atom is -0.449 e. The lowest BCUT2D eigenvalue weighted by atomic mass is 9.98. The second-order valence-corrected chi connectivity index (χ2v) is 8.14. The molecule has 31 heavy (non-hydrogen) atoms. The molecule has 0 spiro atoms. The summed E-state index contributed by atoms with van der Waals surface area (Å²) in [7, 11) is -2.61. The van der Waals surface area contributed by atoms with Crippen molar-refractivity contribution in [1.82, 2.24) is 10.6 Å². The topological polar surface area (TPSA) is 102 Å². The van der Waals surface area contributed by atoms with E-state index in [9.17, 15) is 18.0 Å². The highest BCUT2D eigenvalue weighted by Crippen LogP contribution is 2.44. The zero-order valence-corrected chi connectivity index (χ0v) is 18.2. The highest BCUT2D eigenvalue weighted by atomic mass is 32.2. The molecule has 1 aliphatic carbocycles. The molecule has 0 unspecified atom stereocenters. The predicted octanol–water partition coefficient (Wildman–Crippen LogP) is 2.88. The number of nitrogens with one attached hydrogen (secondary N) is 2. The van der Waals surface area contributed by atoms with Gasteiger partial charge in [0.2, 0.25) is 16.2 Å². The van der Waals surface area contributed by atoms with Crippen LogP contribution < -0.4 is 10.6 Å². The predicted molar refractivity (Wildman–Crippen MR) is 120 cm³/mol. The van der Waals surface area contributed by atoms with Crippen molar-refractivity contribution >= 4 is 27.7 Å². The summed E-state index contributed by atoms with van der Waals surface area (Å²) in [5.41, 5.74) is 4.33. The Morgan fingerprint density at radius 3 is 2.23 bits per heavy atom. The van der Waals surface area contributed by atoms with Gasteiger partial charge in [-0.25, -0.2) is 4.79 Å². The van der Waals surface area contributed by atoms with Crippen LogP contribution in [-0.2, 0) is 19.8 Å². The van der Waals surface area contributed by atoms with Gasteiger partial charge in [0, 0.05) is 12.5 Å². The number of hydrogen-bond donors (Lipinski definition) is 2. The minimum atomic E-state index is -2.61. The van der Waals surface area contributed by atoms with Crippen LogP contribution in [-0.4, -0.2) is 45.0 Å². The van der Waals surface area contributed by atoms with E-state index in [0.29, 0.717) is 6.54 Å². The molecule has 0 aliphatic heterocycles. The largest absolute Gasteiger partial charge is 0.449 e. The Balaban J connectivity index is 1.64. The quantitative estimate of drug-likeness (QED) is 0.459. The van der Waals surface area contributed by atoms with E-state index >= 15 is 0 Å². The van der Waals surface area contributed by atoms with E-state index in [0.717, 1.165) is 46.9 Å². The van der Waals surface area contributed by atoms with Crippen LogP contribution >= 0.6 is 0 Å². The third-order valence-electron chi connectivity index (χ3n) is 5.23. The Kier molecular flexibility index (Phi) is 7.83. The van der Waals surface area contributed by atoms with Crippen LogP contribution in [0.4, 0.5) is 4.79 Å². The van der Waals surface area contributed by atoms with Crippen LogP contribution in [0.3, 0.4) is 0 Å². The normalized spacial score (nSPS) is 12.9. The van der Waals surface area contributed by atoms with E-state index in [4.69, 9.17) is 4.74 Å². The van der Waals surface area contributed by atoms with Gasteiger partial charge in [-0.1, -0.05) is 68.3 Å². The lowest BCUT2D eigenvalue weighted by Gasteiger charge is -2.17. The summed E-state index contributed by atoms with van der Waals surface area (Å²) in [5.74, 6) is -0.717. The van der Waals surface area contributed by atoms with Crippen molar-refractivity contribution in [3.63, 3.8) is 0 Å². The second kappa shape index (κ2) is 10.8. The highest BCUT2D eigenvalue weighted by Gasteiger charge is 2.29. The summed E-state index contributed by atoms with van der Waals surface area (Å²) in [6.07, 6.45) is 1.87. The molecule has 1 aliphatic rings. The Bertz CT molecular complexity index is 1030. The number of hydrogen-bond acceptors (Lipinski definition) is 5. The molecular weight excluding hydrogens is 416 g/mol. The fourth-order valence-electron chi connectivity index (χ4n) is 3.74. The number of fused-ring (bicyclic) bond motifs is 3. The van der Waals surface area contributed by atoms with Crippen molar-refractivity contribution in [3.05, 3.63) is 59.7 Å². The fraction of sp³-hybridized carbons (Fsp3) is 0.348. The number of benzene rings is 2. The number of ether oxygens (including phenoxy) is 1. The van der Waals surface area contributed by atoms with Gasteiger partial charge in [-0.15, -0.1) is 0 Å². The smallest absolute Gasteiger partial charge is 0.408 e. The summed E-state index contributed by atoms with van der Waals surface area (Å²) in [5, 5.41) is 5.72. The highest BCUT2D eigenvalue weighted by molar-refractivity contribution is 7.71. The molecule has 8 heteroatoms. The summed E-state index contributed by atoms with van der Waals surface area (Å²) in [4.78, 5) is 24.6. The van der Waals surface area contributed by atoms with Crippen molar-refractivity contribution in [2.75, 3.05) is 13.2 Å². The van der Waals surface area contributed by atoms with E-state index in [2.05, 4.69) is 10.6 Å². The molecule has 2 aromatic rings. The summed E-state index contributed by atoms with van der Waals surface area (Å²) >= 11 is 0. The van der Waals surface area contributed by atoms with E-state index < -0.39 is 28.3 Å². The van der Waals surface area contributed by atoms with Crippen LogP contribution in [0.5, 0.6) is 0 Å². The first-order valence-electron chi connectivity index (χ1n) is 10.3. The SMILES string of the molecule is CCCCCNC(=O)[C@H](C=S(=O)=O)NC(=O)OCC1c2ccccc2-c2ccccc21. The zero-order chi connectivity index (χ0) is 22.2. The maximum atomic E-state index is 12.4. The van der Waals surface area contributed by atoms with E-state index in [1.165, 1.54) is 0 Å².